The molecule has 1 aliphatic rings. The van der Waals surface area contributed by atoms with Gasteiger partial charge in [-0.15, -0.1) is 0 Å². The van der Waals surface area contributed by atoms with Crippen molar-refractivity contribution in [1.29, 1.82) is 0 Å². The maximum absolute atomic E-state index is 13.5. The highest BCUT2D eigenvalue weighted by Crippen LogP contribution is 2.26. The number of piperidine rings is 1. The molecule has 166 valence electrons. The van der Waals surface area contributed by atoms with Crippen LogP contribution >= 0.6 is 0 Å². The molecule has 0 bridgehead atoms. The molecule has 0 radical (unpaired) electrons. The molecule has 32 heavy (non-hydrogen) atoms. The fourth-order valence-electron chi connectivity index (χ4n) is 4.15. The van der Waals surface area contributed by atoms with E-state index in [9.17, 15) is 9.59 Å². The largest absolute Gasteiger partial charge is 0.466 e. The smallest absolute Gasteiger partial charge is 0.309 e. The maximum Gasteiger partial charge on any atom is 0.309 e. The summed E-state index contributed by atoms with van der Waals surface area (Å²) in [6.07, 6.45) is 6.83. The Bertz CT molecular complexity index is 1070. The number of carbonyl (C=O) groups is 2. The number of pyridine rings is 1. The molecule has 0 saturated carbocycles. The summed E-state index contributed by atoms with van der Waals surface area (Å²) in [5.74, 6) is -0.271. The topological polar surface area (TPSA) is 64.4 Å². The van der Waals surface area contributed by atoms with E-state index >= 15 is 0 Å². The molecule has 0 N–H and O–H groups in total. The molecule has 0 atom stereocenters. The highest BCUT2D eigenvalue weighted by Gasteiger charge is 2.30. The van der Waals surface area contributed by atoms with E-state index in [1.807, 2.05) is 40.8 Å². The number of aromatic nitrogens is 2. The van der Waals surface area contributed by atoms with Crippen molar-refractivity contribution in [3.8, 4) is 11.1 Å². The zero-order valence-electron chi connectivity index (χ0n) is 18.7. The molecule has 0 unspecified atom stereocenters. The Morgan fingerprint density at radius 1 is 1.03 bits per heavy atom. The number of esters is 1. The minimum atomic E-state index is -0.151. The van der Waals surface area contributed by atoms with Crippen LogP contribution in [0.15, 0.2) is 61.1 Å². The summed E-state index contributed by atoms with van der Waals surface area (Å²) in [5, 5.41) is 0. The lowest BCUT2D eigenvalue weighted by Crippen LogP contribution is -2.41. The van der Waals surface area contributed by atoms with Crippen molar-refractivity contribution in [3.63, 3.8) is 0 Å². The molecule has 6 heteroatoms. The zero-order chi connectivity index (χ0) is 22.5. The van der Waals surface area contributed by atoms with Gasteiger partial charge >= 0.3 is 5.97 Å². The second kappa shape index (κ2) is 9.81. The van der Waals surface area contributed by atoms with E-state index in [2.05, 4.69) is 36.2 Å². The van der Waals surface area contributed by atoms with Gasteiger partial charge in [0.15, 0.2) is 0 Å². The van der Waals surface area contributed by atoms with Crippen LogP contribution in [0.2, 0.25) is 0 Å². The highest BCUT2D eigenvalue weighted by atomic mass is 16.5. The Morgan fingerprint density at radius 3 is 2.38 bits per heavy atom. The van der Waals surface area contributed by atoms with E-state index in [1.165, 1.54) is 5.56 Å². The van der Waals surface area contributed by atoms with Crippen LogP contribution in [-0.2, 0) is 16.1 Å². The average Bonchev–Trinajstić information content (AvgIpc) is 3.24. The molecule has 1 fully saturated rings. The van der Waals surface area contributed by atoms with Crippen LogP contribution in [0.1, 0.15) is 41.4 Å². The number of hydrogen-bond donors (Lipinski definition) is 0. The van der Waals surface area contributed by atoms with Crippen LogP contribution in [0.25, 0.3) is 11.1 Å². The summed E-state index contributed by atoms with van der Waals surface area (Å²) in [6.45, 7) is 6.01. The number of likely N-dealkylation sites (tertiary alicyclic amines) is 1. The van der Waals surface area contributed by atoms with Crippen molar-refractivity contribution < 1.29 is 14.3 Å². The second-order valence-electron chi connectivity index (χ2n) is 8.28. The molecule has 0 spiro atoms. The van der Waals surface area contributed by atoms with Gasteiger partial charge in [-0.2, -0.15) is 0 Å². The lowest BCUT2D eigenvalue weighted by atomic mass is 9.97. The van der Waals surface area contributed by atoms with Gasteiger partial charge in [-0.3, -0.25) is 14.6 Å². The second-order valence-corrected chi connectivity index (χ2v) is 8.28. The molecule has 6 nitrogen and oxygen atoms in total. The van der Waals surface area contributed by atoms with Gasteiger partial charge in [0.05, 0.1) is 12.5 Å². The summed E-state index contributed by atoms with van der Waals surface area (Å²) in [5.41, 5.74) is 5.02. The normalized spacial score (nSPS) is 14.4. The van der Waals surface area contributed by atoms with Crippen LogP contribution in [0.4, 0.5) is 0 Å². The number of hydrogen-bond acceptors (Lipinski definition) is 4. The van der Waals surface area contributed by atoms with Crippen molar-refractivity contribution >= 4 is 11.9 Å². The lowest BCUT2D eigenvalue weighted by Gasteiger charge is -2.31. The molecule has 0 aliphatic carbocycles. The number of carbonyl (C=O) groups excluding carboxylic acids is 2. The average molecular weight is 432 g/mol. The Labute approximate surface area is 188 Å². The van der Waals surface area contributed by atoms with Crippen LogP contribution in [0.5, 0.6) is 0 Å². The van der Waals surface area contributed by atoms with Crippen LogP contribution in [0, 0.1) is 12.8 Å². The number of nitrogens with zero attached hydrogens (tertiary/aromatic N) is 3. The molecule has 4 rings (SSSR count). The van der Waals surface area contributed by atoms with Crippen LogP contribution < -0.4 is 0 Å². The van der Waals surface area contributed by atoms with E-state index in [0.717, 1.165) is 16.7 Å². The summed E-state index contributed by atoms with van der Waals surface area (Å²) in [6, 6.07) is 14.2. The number of ether oxygens (including phenoxy) is 1. The van der Waals surface area contributed by atoms with E-state index in [4.69, 9.17) is 4.74 Å². The third-order valence-electron chi connectivity index (χ3n) is 6.00. The van der Waals surface area contributed by atoms with Crippen LogP contribution in [0.3, 0.4) is 0 Å². The number of amides is 1. The molecular weight excluding hydrogens is 402 g/mol. The molecule has 3 aromatic rings. The van der Waals surface area contributed by atoms with E-state index < -0.39 is 0 Å². The predicted molar refractivity (Wildman–Crippen MR) is 123 cm³/mol. The lowest BCUT2D eigenvalue weighted by molar-refractivity contribution is -0.149. The van der Waals surface area contributed by atoms with Crippen molar-refractivity contribution in [3.05, 3.63) is 77.9 Å². The molecule has 3 heterocycles. The van der Waals surface area contributed by atoms with E-state index in [-0.39, 0.29) is 17.8 Å². The van der Waals surface area contributed by atoms with Gasteiger partial charge in [-0.25, -0.2) is 0 Å². The Morgan fingerprint density at radius 2 is 1.72 bits per heavy atom. The Hall–Kier alpha value is -3.41. The predicted octanol–water partition coefficient (Wildman–Crippen LogP) is 4.32. The van der Waals surface area contributed by atoms with Crippen molar-refractivity contribution in [2.24, 2.45) is 5.92 Å². The van der Waals surface area contributed by atoms with Gasteiger partial charge < -0.3 is 14.2 Å². The van der Waals surface area contributed by atoms with Gasteiger partial charge in [0.1, 0.15) is 5.69 Å². The summed E-state index contributed by atoms with van der Waals surface area (Å²) in [7, 11) is 0. The minimum absolute atomic E-state index is 0.000253. The number of rotatable bonds is 6. The van der Waals surface area contributed by atoms with Gasteiger partial charge in [-0.05, 0) is 56.0 Å². The maximum atomic E-state index is 13.5. The molecule has 2 aromatic heterocycles. The monoisotopic (exact) mass is 431 g/mol. The first-order chi connectivity index (χ1) is 15.5. The minimum Gasteiger partial charge on any atom is -0.466 e. The first-order valence-corrected chi connectivity index (χ1v) is 11.2. The van der Waals surface area contributed by atoms with Gasteiger partial charge in [0.25, 0.3) is 5.91 Å². The fourth-order valence-corrected chi connectivity index (χ4v) is 4.15. The first-order valence-electron chi connectivity index (χ1n) is 11.2. The standard InChI is InChI=1S/C26H29N3O3/c1-3-32-26(31)22-10-14-28(15-11-22)25(30)24-16-23(21-8-12-27-13-9-21)18-29(24)17-20-6-4-19(2)5-7-20/h4-9,12-13,16,18,22H,3,10-11,14-15,17H2,1-2H3. The van der Waals surface area contributed by atoms with Crippen molar-refractivity contribution in [2.75, 3.05) is 19.7 Å². The first kappa shape index (κ1) is 21.8. The SMILES string of the molecule is CCOC(=O)C1CCN(C(=O)c2cc(-c3ccncc3)cn2Cc2ccc(C)cc2)CC1. The number of aryl methyl sites for hydroxylation is 1. The summed E-state index contributed by atoms with van der Waals surface area (Å²) < 4.78 is 7.18. The number of benzene rings is 1. The molecule has 1 saturated heterocycles. The molecular formula is C26H29N3O3. The fraction of sp³-hybridized carbons (Fsp3) is 0.346. The van der Waals surface area contributed by atoms with Crippen molar-refractivity contribution in [1.82, 2.24) is 14.5 Å². The van der Waals surface area contributed by atoms with E-state index in [1.54, 1.807) is 12.4 Å². The van der Waals surface area contributed by atoms with Crippen molar-refractivity contribution in [2.45, 2.75) is 33.2 Å². The zero-order valence-corrected chi connectivity index (χ0v) is 18.7. The van der Waals surface area contributed by atoms with Gasteiger partial charge in [0.2, 0.25) is 0 Å². The Kier molecular flexibility index (Phi) is 6.69. The Balaban J connectivity index is 1.57. The molecule has 1 amide bonds. The summed E-state index contributed by atoms with van der Waals surface area (Å²) in [4.78, 5) is 31.5. The summed E-state index contributed by atoms with van der Waals surface area (Å²) >= 11 is 0. The third kappa shape index (κ3) is 4.90. The van der Waals surface area contributed by atoms with Gasteiger partial charge in [0, 0.05) is 43.8 Å². The van der Waals surface area contributed by atoms with E-state index in [0.29, 0.717) is 44.8 Å². The quantitative estimate of drug-likeness (QED) is 0.545. The highest BCUT2D eigenvalue weighted by molar-refractivity contribution is 5.94. The third-order valence-corrected chi connectivity index (χ3v) is 6.00. The molecule has 1 aliphatic heterocycles. The molecule has 1 aromatic carbocycles. The van der Waals surface area contributed by atoms with Gasteiger partial charge in [-0.1, -0.05) is 29.8 Å². The van der Waals surface area contributed by atoms with Crippen LogP contribution in [-0.4, -0.2) is 46.0 Å².